The monoisotopic (exact) mass is 528 g/mol. The Morgan fingerprint density at radius 2 is 1.82 bits per heavy atom. The first-order chi connectivity index (χ1) is 16.5. The fourth-order valence-corrected chi connectivity index (χ4v) is 4.70. The van der Waals surface area contributed by atoms with E-state index in [1.807, 2.05) is 30.3 Å². The average molecular weight is 529 g/mol. The van der Waals surface area contributed by atoms with Gasteiger partial charge in [0.2, 0.25) is 12.7 Å². The van der Waals surface area contributed by atoms with E-state index >= 15 is 0 Å². The number of H-pyrrole nitrogens is 1. The molecule has 2 aliphatic heterocycles. The first kappa shape index (κ1) is 22.7. The van der Waals surface area contributed by atoms with E-state index in [9.17, 15) is 9.59 Å². The molecule has 2 aromatic carbocycles. The third kappa shape index (κ3) is 4.75. The minimum atomic E-state index is -0.528. The molecular weight excluding hydrogens is 504 g/mol. The molecule has 0 aliphatic carbocycles. The molecule has 0 saturated carbocycles. The van der Waals surface area contributed by atoms with E-state index in [2.05, 4.69) is 42.1 Å². The van der Waals surface area contributed by atoms with Gasteiger partial charge in [0.25, 0.3) is 0 Å². The second kappa shape index (κ2) is 9.65. The summed E-state index contributed by atoms with van der Waals surface area (Å²) < 4.78 is 16.6. The Balaban J connectivity index is 1.19. The molecule has 2 N–H and O–H groups in total. The van der Waals surface area contributed by atoms with Crippen molar-refractivity contribution < 1.29 is 23.8 Å². The summed E-state index contributed by atoms with van der Waals surface area (Å²) in [5.74, 6) is 0.885. The first-order valence-electron chi connectivity index (χ1n) is 11.0. The van der Waals surface area contributed by atoms with Crippen LogP contribution in [0.1, 0.15) is 16.1 Å². The summed E-state index contributed by atoms with van der Waals surface area (Å²) in [7, 11) is 1.32. The highest BCUT2D eigenvalue weighted by atomic mass is 79.9. The number of anilines is 1. The number of piperazine rings is 1. The molecule has 1 amide bonds. The zero-order valence-corrected chi connectivity index (χ0v) is 20.3. The van der Waals surface area contributed by atoms with Gasteiger partial charge in [-0.15, -0.1) is 0 Å². The standard InChI is InChI=1S/C24H25BrN4O5/c1-32-24(31)23-22(17-11-16(25)3-4-18(17)26-23)27-21(30)13-29-8-6-28(7-9-29)12-15-2-5-19-20(10-15)34-14-33-19/h2-5,10-11,26H,6-9,12-14H2,1H3,(H,27,30). The van der Waals surface area contributed by atoms with Gasteiger partial charge in [-0.3, -0.25) is 14.6 Å². The van der Waals surface area contributed by atoms with Gasteiger partial charge in [0.05, 0.1) is 19.3 Å². The van der Waals surface area contributed by atoms with Crippen LogP contribution in [0.4, 0.5) is 5.69 Å². The molecule has 0 radical (unpaired) electrons. The molecule has 1 aromatic heterocycles. The fraction of sp³-hybridized carbons (Fsp3) is 0.333. The SMILES string of the molecule is COC(=O)c1[nH]c2ccc(Br)cc2c1NC(=O)CN1CCN(Cc2ccc3c(c2)OCO3)CC1. The van der Waals surface area contributed by atoms with Crippen molar-refractivity contribution in [1.82, 2.24) is 14.8 Å². The van der Waals surface area contributed by atoms with Crippen LogP contribution in [-0.4, -0.2) is 73.3 Å². The van der Waals surface area contributed by atoms with Gasteiger partial charge in [-0.25, -0.2) is 4.79 Å². The Hall–Kier alpha value is -3.08. The molecule has 9 nitrogen and oxygen atoms in total. The number of amides is 1. The number of carbonyl (C=O) groups excluding carboxylic acids is 2. The summed E-state index contributed by atoms with van der Waals surface area (Å²) in [6.07, 6.45) is 0. The number of methoxy groups -OCH3 is 1. The number of hydrogen-bond acceptors (Lipinski definition) is 7. The summed E-state index contributed by atoms with van der Waals surface area (Å²) in [6.45, 7) is 4.62. The summed E-state index contributed by atoms with van der Waals surface area (Å²) in [5.41, 5.74) is 2.60. The van der Waals surface area contributed by atoms with Gasteiger partial charge in [-0.2, -0.15) is 0 Å². The number of esters is 1. The first-order valence-corrected chi connectivity index (χ1v) is 11.8. The number of nitrogens with one attached hydrogen (secondary N) is 2. The largest absolute Gasteiger partial charge is 0.464 e. The lowest BCUT2D eigenvalue weighted by atomic mass is 10.1. The summed E-state index contributed by atoms with van der Waals surface area (Å²) in [4.78, 5) is 32.7. The molecule has 1 saturated heterocycles. The number of aromatic nitrogens is 1. The molecular formula is C24H25BrN4O5. The summed E-state index contributed by atoms with van der Waals surface area (Å²) >= 11 is 3.45. The van der Waals surface area contributed by atoms with Gasteiger partial charge in [0.1, 0.15) is 5.69 Å². The van der Waals surface area contributed by atoms with Crippen LogP contribution in [0.25, 0.3) is 10.9 Å². The van der Waals surface area contributed by atoms with E-state index in [1.165, 1.54) is 12.7 Å². The minimum absolute atomic E-state index is 0.171. The van der Waals surface area contributed by atoms with E-state index in [1.54, 1.807) is 0 Å². The molecule has 0 atom stereocenters. The second-order valence-electron chi connectivity index (χ2n) is 8.34. The van der Waals surface area contributed by atoms with Crippen LogP contribution in [0.2, 0.25) is 0 Å². The molecule has 178 valence electrons. The van der Waals surface area contributed by atoms with Crippen LogP contribution in [0.5, 0.6) is 11.5 Å². The minimum Gasteiger partial charge on any atom is -0.464 e. The number of aromatic amines is 1. The lowest BCUT2D eigenvalue weighted by Crippen LogP contribution is -2.48. The van der Waals surface area contributed by atoms with Crippen molar-refractivity contribution >= 4 is 44.4 Å². The maximum Gasteiger partial charge on any atom is 0.356 e. The zero-order valence-electron chi connectivity index (χ0n) is 18.7. The van der Waals surface area contributed by atoms with Gasteiger partial charge in [0.15, 0.2) is 11.5 Å². The third-order valence-electron chi connectivity index (χ3n) is 6.09. The summed E-state index contributed by atoms with van der Waals surface area (Å²) in [6, 6.07) is 11.6. The molecule has 1 fully saturated rings. The van der Waals surface area contributed by atoms with Crippen molar-refractivity contribution in [3.63, 3.8) is 0 Å². The molecule has 3 aromatic rings. The Morgan fingerprint density at radius 3 is 2.62 bits per heavy atom. The highest BCUT2D eigenvalue weighted by Crippen LogP contribution is 2.33. The number of nitrogens with zero attached hydrogens (tertiary/aromatic N) is 2. The van der Waals surface area contributed by atoms with Crippen molar-refractivity contribution in [2.24, 2.45) is 0 Å². The smallest absolute Gasteiger partial charge is 0.356 e. The lowest BCUT2D eigenvalue weighted by Gasteiger charge is -2.34. The van der Waals surface area contributed by atoms with Crippen molar-refractivity contribution in [1.29, 1.82) is 0 Å². The number of rotatable bonds is 6. The second-order valence-corrected chi connectivity index (χ2v) is 9.26. The Labute approximate surface area is 205 Å². The van der Waals surface area contributed by atoms with E-state index in [0.717, 1.165) is 59.6 Å². The van der Waals surface area contributed by atoms with E-state index < -0.39 is 5.97 Å². The van der Waals surface area contributed by atoms with Gasteiger partial charge in [-0.1, -0.05) is 22.0 Å². The van der Waals surface area contributed by atoms with Gasteiger partial charge in [0, 0.05) is 48.1 Å². The van der Waals surface area contributed by atoms with Crippen molar-refractivity contribution in [2.75, 3.05) is 51.9 Å². The van der Waals surface area contributed by atoms with Crippen molar-refractivity contribution in [2.45, 2.75) is 6.54 Å². The van der Waals surface area contributed by atoms with Crippen molar-refractivity contribution in [3.05, 3.63) is 52.1 Å². The lowest BCUT2D eigenvalue weighted by molar-refractivity contribution is -0.117. The molecule has 0 unspecified atom stereocenters. The molecule has 5 rings (SSSR count). The van der Waals surface area contributed by atoms with Crippen LogP contribution in [0.15, 0.2) is 40.9 Å². The van der Waals surface area contributed by atoms with E-state index in [0.29, 0.717) is 5.69 Å². The molecule has 10 heteroatoms. The maximum absolute atomic E-state index is 12.9. The maximum atomic E-state index is 12.9. The van der Waals surface area contributed by atoms with Gasteiger partial charge < -0.3 is 24.5 Å². The number of ether oxygens (including phenoxy) is 3. The molecule has 3 heterocycles. The van der Waals surface area contributed by atoms with Crippen LogP contribution in [0, 0.1) is 0 Å². The summed E-state index contributed by atoms with van der Waals surface area (Å²) in [5, 5.41) is 3.67. The average Bonchev–Trinajstić information content (AvgIpc) is 3.44. The predicted molar refractivity (Wildman–Crippen MR) is 130 cm³/mol. The van der Waals surface area contributed by atoms with Gasteiger partial charge in [-0.05, 0) is 35.9 Å². The third-order valence-corrected chi connectivity index (χ3v) is 6.58. The quantitative estimate of drug-likeness (QED) is 0.474. The number of benzene rings is 2. The Kier molecular flexibility index (Phi) is 6.44. The normalized spacial score (nSPS) is 16.1. The number of hydrogen-bond donors (Lipinski definition) is 2. The van der Waals surface area contributed by atoms with Crippen LogP contribution < -0.4 is 14.8 Å². The Bertz CT molecular complexity index is 1240. The van der Waals surface area contributed by atoms with Crippen LogP contribution in [-0.2, 0) is 16.1 Å². The van der Waals surface area contributed by atoms with Crippen LogP contribution >= 0.6 is 15.9 Å². The molecule has 0 spiro atoms. The number of carbonyl (C=O) groups is 2. The number of halogens is 1. The van der Waals surface area contributed by atoms with E-state index in [-0.39, 0.29) is 24.9 Å². The zero-order chi connectivity index (χ0) is 23.7. The van der Waals surface area contributed by atoms with Crippen molar-refractivity contribution in [3.8, 4) is 11.5 Å². The fourth-order valence-electron chi connectivity index (χ4n) is 4.33. The number of fused-ring (bicyclic) bond motifs is 2. The molecule has 0 bridgehead atoms. The van der Waals surface area contributed by atoms with E-state index in [4.69, 9.17) is 14.2 Å². The molecule has 34 heavy (non-hydrogen) atoms. The van der Waals surface area contributed by atoms with Gasteiger partial charge >= 0.3 is 5.97 Å². The Morgan fingerprint density at radius 1 is 1.06 bits per heavy atom. The van der Waals surface area contributed by atoms with Crippen LogP contribution in [0.3, 0.4) is 0 Å². The molecule has 2 aliphatic rings. The predicted octanol–water partition coefficient (Wildman–Crippen LogP) is 3.20. The highest BCUT2D eigenvalue weighted by molar-refractivity contribution is 9.10. The highest BCUT2D eigenvalue weighted by Gasteiger charge is 2.23. The topological polar surface area (TPSA) is 96.1 Å².